The maximum atomic E-state index is 5.79. The van der Waals surface area contributed by atoms with Gasteiger partial charge in [0.25, 0.3) is 0 Å². The average Bonchev–Trinajstić information content (AvgIpc) is 2.27. The molecule has 1 rings (SSSR count). The number of nitrogens with one attached hydrogen (secondary N) is 1. The molecule has 0 amide bonds. The van der Waals surface area contributed by atoms with Gasteiger partial charge in [0, 0.05) is 23.8 Å². The third-order valence-corrected chi connectivity index (χ3v) is 3.23. The molecule has 3 N–H and O–H groups in total. The van der Waals surface area contributed by atoms with Crippen LogP contribution in [0.15, 0.2) is 6.07 Å². The Bertz CT molecular complexity index is 354. The Kier molecular flexibility index (Phi) is 5.55. The van der Waals surface area contributed by atoms with E-state index in [-0.39, 0.29) is 0 Å². The summed E-state index contributed by atoms with van der Waals surface area (Å²) in [7, 11) is 0. The zero-order valence-electron chi connectivity index (χ0n) is 11.0. The van der Waals surface area contributed by atoms with E-state index in [1.807, 2.05) is 11.8 Å². The van der Waals surface area contributed by atoms with Gasteiger partial charge in [-0.15, -0.1) is 0 Å². The molecule has 0 aliphatic rings. The zero-order valence-corrected chi connectivity index (χ0v) is 11.8. The van der Waals surface area contributed by atoms with Gasteiger partial charge in [0.2, 0.25) is 0 Å². The highest BCUT2D eigenvalue weighted by Gasteiger charge is 2.10. The van der Waals surface area contributed by atoms with E-state index < -0.39 is 0 Å². The predicted molar refractivity (Wildman–Crippen MR) is 76.6 cm³/mol. The van der Waals surface area contributed by atoms with Crippen LogP contribution >= 0.6 is 11.8 Å². The minimum Gasteiger partial charge on any atom is -0.384 e. The quantitative estimate of drug-likeness (QED) is 0.817. The molecule has 1 aromatic rings. The van der Waals surface area contributed by atoms with Crippen molar-refractivity contribution < 1.29 is 0 Å². The van der Waals surface area contributed by atoms with Crippen LogP contribution in [-0.2, 0) is 0 Å². The van der Waals surface area contributed by atoms with Gasteiger partial charge in [0.1, 0.15) is 17.5 Å². The smallest absolute Gasteiger partial charge is 0.135 e. The van der Waals surface area contributed by atoms with Crippen LogP contribution in [0, 0.1) is 0 Å². The van der Waals surface area contributed by atoms with Crippen molar-refractivity contribution >= 4 is 23.4 Å². The summed E-state index contributed by atoms with van der Waals surface area (Å²) in [6.07, 6.45) is 3.18. The van der Waals surface area contributed by atoms with Crippen LogP contribution in [0.3, 0.4) is 0 Å². The maximum absolute atomic E-state index is 5.79. The second kappa shape index (κ2) is 6.69. The number of rotatable bonds is 6. The van der Waals surface area contributed by atoms with Gasteiger partial charge >= 0.3 is 0 Å². The van der Waals surface area contributed by atoms with Crippen LogP contribution < -0.4 is 11.1 Å². The first-order valence-corrected chi connectivity index (χ1v) is 7.36. The van der Waals surface area contributed by atoms with Crippen LogP contribution in [0.5, 0.6) is 0 Å². The molecule has 1 unspecified atom stereocenters. The Labute approximate surface area is 108 Å². The monoisotopic (exact) mass is 254 g/mol. The molecular weight excluding hydrogens is 232 g/mol. The maximum Gasteiger partial charge on any atom is 0.135 e. The van der Waals surface area contributed by atoms with Gasteiger partial charge in [0.15, 0.2) is 0 Å². The van der Waals surface area contributed by atoms with E-state index in [0.29, 0.717) is 17.8 Å². The highest BCUT2D eigenvalue weighted by molar-refractivity contribution is 7.98. The lowest BCUT2D eigenvalue weighted by Gasteiger charge is -2.17. The molecule has 1 aromatic heterocycles. The number of anilines is 2. The normalized spacial score (nSPS) is 12.8. The van der Waals surface area contributed by atoms with Gasteiger partial charge in [-0.2, -0.15) is 11.8 Å². The molecule has 1 heterocycles. The van der Waals surface area contributed by atoms with Crippen LogP contribution in [0.1, 0.15) is 38.9 Å². The van der Waals surface area contributed by atoms with Crippen molar-refractivity contribution in [3.63, 3.8) is 0 Å². The van der Waals surface area contributed by atoms with Gasteiger partial charge in [-0.25, -0.2) is 9.97 Å². The molecule has 0 aliphatic heterocycles. The number of aromatic nitrogens is 2. The molecule has 1 atom stereocenters. The van der Waals surface area contributed by atoms with Crippen LogP contribution in [0.25, 0.3) is 0 Å². The van der Waals surface area contributed by atoms with E-state index in [1.165, 1.54) is 0 Å². The molecule has 0 fully saturated rings. The Balaban J connectivity index is 2.82. The molecule has 0 saturated carbocycles. The molecule has 0 radical (unpaired) electrons. The summed E-state index contributed by atoms with van der Waals surface area (Å²) in [5.74, 6) is 3.52. The molecule has 0 aliphatic carbocycles. The van der Waals surface area contributed by atoms with Crippen LogP contribution in [0.2, 0.25) is 0 Å². The minimum atomic E-state index is 0.291. The third kappa shape index (κ3) is 4.42. The number of thioether (sulfide) groups is 1. The molecule has 96 valence electrons. The first-order valence-electron chi connectivity index (χ1n) is 5.96. The highest BCUT2D eigenvalue weighted by Crippen LogP contribution is 2.17. The van der Waals surface area contributed by atoms with Crippen LogP contribution in [0.4, 0.5) is 11.6 Å². The van der Waals surface area contributed by atoms with Gasteiger partial charge in [-0.05, 0) is 12.7 Å². The summed E-state index contributed by atoms with van der Waals surface area (Å²) in [5.41, 5.74) is 5.79. The lowest BCUT2D eigenvalue weighted by molar-refractivity contribution is 0.749. The summed E-state index contributed by atoms with van der Waals surface area (Å²) >= 11 is 1.83. The highest BCUT2D eigenvalue weighted by atomic mass is 32.2. The van der Waals surface area contributed by atoms with E-state index >= 15 is 0 Å². The summed E-state index contributed by atoms with van der Waals surface area (Å²) in [6.45, 7) is 6.30. The SMILES string of the molecule is CCC(CSC)Nc1cc(N)nc(C(C)C)n1. The van der Waals surface area contributed by atoms with E-state index in [9.17, 15) is 0 Å². The molecule has 0 saturated heterocycles. The fourth-order valence-corrected chi connectivity index (χ4v) is 2.21. The van der Waals surface area contributed by atoms with Crippen molar-refractivity contribution in [2.24, 2.45) is 0 Å². The fraction of sp³-hybridized carbons (Fsp3) is 0.667. The van der Waals surface area contributed by atoms with E-state index in [4.69, 9.17) is 5.73 Å². The third-order valence-electron chi connectivity index (χ3n) is 2.49. The lowest BCUT2D eigenvalue weighted by atomic mass is 10.2. The van der Waals surface area contributed by atoms with Crippen molar-refractivity contribution in [1.82, 2.24) is 9.97 Å². The molecule has 17 heavy (non-hydrogen) atoms. The first kappa shape index (κ1) is 14.1. The number of nitrogens with zero attached hydrogens (tertiary/aromatic N) is 2. The second-order valence-electron chi connectivity index (χ2n) is 4.40. The number of nitrogens with two attached hydrogens (primary N) is 1. The Morgan fingerprint density at radius 1 is 1.41 bits per heavy atom. The van der Waals surface area contributed by atoms with Crippen molar-refractivity contribution in [2.45, 2.75) is 39.2 Å². The number of hydrogen-bond donors (Lipinski definition) is 2. The molecule has 0 bridgehead atoms. The lowest BCUT2D eigenvalue weighted by Crippen LogP contribution is -2.22. The van der Waals surface area contributed by atoms with E-state index in [2.05, 4.69) is 42.3 Å². The molecule has 5 heteroatoms. The van der Waals surface area contributed by atoms with Gasteiger partial charge in [-0.1, -0.05) is 20.8 Å². The summed E-state index contributed by atoms with van der Waals surface area (Å²) in [4.78, 5) is 8.73. The Morgan fingerprint density at radius 3 is 2.65 bits per heavy atom. The van der Waals surface area contributed by atoms with E-state index in [0.717, 1.165) is 23.8 Å². The van der Waals surface area contributed by atoms with Gasteiger partial charge in [-0.3, -0.25) is 0 Å². The zero-order chi connectivity index (χ0) is 12.8. The summed E-state index contributed by atoms with van der Waals surface area (Å²) in [5, 5.41) is 3.41. The molecule has 0 spiro atoms. The molecule has 4 nitrogen and oxygen atoms in total. The van der Waals surface area contributed by atoms with Crippen molar-refractivity contribution in [3.05, 3.63) is 11.9 Å². The Hall–Kier alpha value is -0.970. The van der Waals surface area contributed by atoms with Crippen molar-refractivity contribution in [1.29, 1.82) is 0 Å². The summed E-state index contributed by atoms with van der Waals surface area (Å²) in [6, 6.07) is 2.23. The topological polar surface area (TPSA) is 63.8 Å². The largest absolute Gasteiger partial charge is 0.384 e. The van der Waals surface area contributed by atoms with Gasteiger partial charge < -0.3 is 11.1 Å². The van der Waals surface area contributed by atoms with Crippen molar-refractivity contribution in [2.75, 3.05) is 23.1 Å². The second-order valence-corrected chi connectivity index (χ2v) is 5.31. The first-order chi connectivity index (χ1) is 8.06. The average molecular weight is 254 g/mol. The van der Waals surface area contributed by atoms with Crippen molar-refractivity contribution in [3.8, 4) is 0 Å². The number of nitrogen functional groups attached to an aromatic ring is 1. The van der Waals surface area contributed by atoms with Crippen LogP contribution in [-0.4, -0.2) is 28.0 Å². The standard InChI is InChI=1S/C12H22N4S/c1-5-9(7-17-4)14-11-6-10(13)15-12(16-11)8(2)3/h6,8-9H,5,7H2,1-4H3,(H3,13,14,15,16). The molecule has 0 aromatic carbocycles. The predicted octanol–water partition coefficient (Wildman–Crippen LogP) is 2.74. The molecular formula is C12H22N4S. The fourth-order valence-electron chi connectivity index (χ4n) is 1.49. The van der Waals surface area contributed by atoms with E-state index in [1.54, 1.807) is 6.07 Å². The minimum absolute atomic E-state index is 0.291. The summed E-state index contributed by atoms with van der Waals surface area (Å²) < 4.78 is 0. The van der Waals surface area contributed by atoms with Gasteiger partial charge in [0.05, 0.1) is 0 Å². The Morgan fingerprint density at radius 2 is 2.12 bits per heavy atom. The number of hydrogen-bond acceptors (Lipinski definition) is 5.